The van der Waals surface area contributed by atoms with Crippen molar-refractivity contribution in [1.29, 1.82) is 0 Å². The van der Waals surface area contributed by atoms with Crippen molar-refractivity contribution in [3.63, 3.8) is 0 Å². The fraction of sp³-hybridized carbons (Fsp3) is 0.471. The van der Waals surface area contributed by atoms with E-state index in [-0.39, 0.29) is 17.5 Å². The summed E-state index contributed by atoms with van der Waals surface area (Å²) in [6, 6.07) is 1.69. The van der Waals surface area contributed by atoms with E-state index in [4.69, 9.17) is 0 Å². The first-order valence-electron chi connectivity index (χ1n) is 7.95. The lowest BCUT2D eigenvalue weighted by atomic mass is 9.91. The highest BCUT2D eigenvalue weighted by atomic mass is 19.1. The highest BCUT2D eigenvalue weighted by Crippen LogP contribution is 2.31. The normalized spacial score (nSPS) is 21.5. The molecule has 2 atom stereocenters. The molecule has 8 heteroatoms. The van der Waals surface area contributed by atoms with Crippen LogP contribution in [0.15, 0.2) is 18.2 Å². The molecule has 1 aliphatic rings. The highest BCUT2D eigenvalue weighted by molar-refractivity contribution is 6.09. The van der Waals surface area contributed by atoms with Crippen LogP contribution in [0.4, 0.5) is 13.6 Å². The van der Waals surface area contributed by atoms with Gasteiger partial charge in [-0.2, -0.15) is 0 Å². The molecule has 0 saturated carbocycles. The molecular formula is C17H21F2N3O3. The molecule has 1 heterocycles. The van der Waals surface area contributed by atoms with Crippen molar-refractivity contribution >= 4 is 17.8 Å². The van der Waals surface area contributed by atoms with Crippen molar-refractivity contribution < 1.29 is 23.2 Å². The van der Waals surface area contributed by atoms with Crippen LogP contribution in [0, 0.1) is 17.6 Å². The molecule has 6 nitrogen and oxygen atoms in total. The average Bonchev–Trinajstić information content (AvgIpc) is 2.73. The summed E-state index contributed by atoms with van der Waals surface area (Å²) in [4.78, 5) is 37.5. The SMILES string of the molecule is CC(C)[C@H](C)NC(=O)CN1C(=O)N[C@](C)(c2cc(F)ccc2F)C1=O. The average molecular weight is 353 g/mol. The number of halogens is 2. The van der Waals surface area contributed by atoms with Crippen molar-refractivity contribution in [2.75, 3.05) is 6.54 Å². The maximum atomic E-state index is 14.0. The minimum Gasteiger partial charge on any atom is -0.352 e. The van der Waals surface area contributed by atoms with Gasteiger partial charge in [-0.25, -0.2) is 13.6 Å². The zero-order chi connectivity index (χ0) is 18.9. The van der Waals surface area contributed by atoms with Crippen molar-refractivity contribution in [3.8, 4) is 0 Å². The Morgan fingerprint density at radius 3 is 2.52 bits per heavy atom. The number of carbonyl (C=O) groups is 3. The first-order chi connectivity index (χ1) is 11.6. The van der Waals surface area contributed by atoms with Crippen LogP contribution in [0.2, 0.25) is 0 Å². The second kappa shape index (κ2) is 6.78. The number of amides is 4. The van der Waals surface area contributed by atoms with Crippen LogP contribution >= 0.6 is 0 Å². The van der Waals surface area contributed by atoms with E-state index >= 15 is 0 Å². The van der Waals surface area contributed by atoms with Crippen LogP contribution in [-0.4, -0.2) is 35.3 Å². The van der Waals surface area contributed by atoms with Gasteiger partial charge < -0.3 is 10.6 Å². The number of rotatable bonds is 5. The summed E-state index contributed by atoms with van der Waals surface area (Å²) in [6.45, 7) is 6.43. The predicted molar refractivity (Wildman–Crippen MR) is 86.4 cm³/mol. The third-order valence-electron chi connectivity index (χ3n) is 4.43. The molecule has 2 N–H and O–H groups in total. The number of hydrogen-bond acceptors (Lipinski definition) is 3. The summed E-state index contributed by atoms with van der Waals surface area (Å²) in [5, 5.41) is 5.03. The molecule has 25 heavy (non-hydrogen) atoms. The molecule has 0 aromatic heterocycles. The van der Waals surface area contributed by atoms with Gasteiger partial charge in [-0.1, -0.05) is 13.8 Å². The monoisotopic (exact) mass is 353 g/mol. The molecule has 1 aromatic rings. The summed E-state index contributed by atoms with van der Waals surface area (Å²) in [6.07, 6.45) is 0. The molecule has 0 spiro atoms. The van der Waals surface area contributed by atoms with Gasteiger partial charge in [0.1, 0.15) is 23.7 Å². The number of hydrogen-bond donors (Lipinski definition) is 2. The summed E-state index contributed by atoms with van der Waals surface area (Å²) < 4.78 is 27.5. The van der Waals surface area contributed by atoms with Crippen molar-refractivity contribution in [1.82, 2.24) is 15.5 Å². The van der Waals surface area contributed by atoms with Crippen molar-refractivity contribution in [2.45, 2.75) is 39.3 Å². The number of nitrogens with zero attached hydrogens (tertiary/aromatic N) is 1. The summed E-state index contributed by atoms with van der Waals surface area (Å²) in [5.74, 6) is -2.69. The lowest BCUT2D eigenvalue weighted by molar-refractivity contribution is -0.135. The zero-order valence-corrected chi connectivity index (χ0v) is 14.5. The minimum absolute atomic E-state index is 0.139. The lowest BCUT2D eigenvalue weighted by Gasteiger charge is -2.23. The van der Waals surface area contributed by atoms with Gasteiger partial charge in [-0.05, 0) is 38.0 Å². The minimum atomic E-state index is -1.77. The summed E-state index contributed by atoms with van der Waals surface area (Å²) in [5.41, 5.74) is -2.06. The number of urea groups is 1. The van der Waals surface area contributed by atoms with E-state index in [1.807, 2.05) is 13.8 Å². The second-order valence-electron chi connectivity index (χ2n) is 6.67. The van der Waals surface area contributed by atoms with Gasteiger partial charge in [0.25, 0.3) is 5.91 Å². The number of benzene rings is 1. The Balaban J connectivity index is 2.22. The first-order valence-corrected chi connectivity index (χ1v) is 7.95. The Morgan fingerprint density at radius 2 is 1.92 bits per heavy atom. The smallest absolute Gasteiger partial charge is 0.325 e. The van der Waals surface area contributed by atoms with E-state index in [1.165, 1.54) is 6.92 Å². The third kappa shape index (κ3) is 3.62. The van der Waals surface area contributed by atoms with Crippen molar-refractivity contribution in [2.24, 2.45) is 5.92 Å². The molecule has 1 fully saturated rings. The maximum absolute atomic E-state index is 14.0. The Hall–Kier alpha value is -2.51. The van der Waals surface area contributed by atoms with Gasteiger partial charge in [0.15, 0.2) is 0 Å². The van der Waals surface area contributed by atoms with E-state index in [1.54, 1.807) is 6.92 Å². The molecule has 136 valence electrons. The molecular weight excluding hydrogens is 332 g/mol. The van der Waals surface area contributed by atoms with Crippen molar-refractivity contribution in [3.05, 3.63) is 35.4 Å². The molecule has 1 aliphatic heterocycles. The molecule has 0 aliphatic carbocycles. The molecule has 0 unspecified atom stereocenters. The molecule has 4 amide bonds. The van der Waals surface area contributed by atoms with E-state index < -0.39 is 41.6 Å². The fourth-order valence-electron chi connectivity index (χ4n) is 2.51. The van der Waals surface area contributed by atoms with Crippen LogP contribution in [0.1, 0.15) is 33.3 Å². The van der Waals surface area contributed by atoms with Gasteiger partial charge in [-0.3, -0.25) is 14.5 Å². The Kier molecular flexibility index (Phi) is 5.10. The molecule has 2 rings (SSSR count). The Labute approximate surface area is 144 Å². The third-order valence-corrected chi connectivity index (χ3v) is 4.43. The molecule has 1 aromatic carbocycles. The van der Waals surface area contributed by atoms with Gasteiger partial charge >= 0.3 is 6.03 Å². The first kappa shape index (κ1) is 18.8. The van der Waals surface area contributed by atoms with E-state index in [2.05, 4.69) is 10.6 Å². The second-order valence-corrected chi connectivity index (χ2v) is 6.67. The topological polar surface area (TPSA) is 78.5 Å². The van der Waals surface area contributed by atoms with E-state index in [0.29, 0.717) is 4.90 Å². The van der Waals surface area contributed by atoms with Gasteiger partial charge in [0.2, 0.25) is 5.91 Å². The van der Waals surface area contributed by atoms with E-state index in [0.717, 1.165) is 18.2 Å². The van der Waals surface area contributed by atoms with Crippen LogP contribution in [-0.2, 0) is 15.1 Å². The van der Waals surface area contributed by atoms with E-state index in [9.17, 15) is 23.2 Å². The molecule has 0 radical (unpaired) electrons. The van der Waals surface area contributed by atoms with Crippen LogP contribution in [0.25, 0.3) is 0 Å². The molecule has 1 saturated heterocycles. The van der Waals surface area contributed by atoms with Crippen LogP contribution in [0.3, 0.4) is 0 Å². The Morgan fingerprint density at radius 1 is 1.28 bits per heavy atom. The lowest BCUT2D eigenvalue weighted by Crippen LogP contribution is -2.46. The highest BCUT2D eigenvalue weighted by Gasteiger charge is 2.50. The number of nitrogens with one attached hydrogen (secondary N) is 2. The van der Waals surface area contributed by atoms with Gasteiger partial charge in [0.05, 0.1) is 0 Å². The summed E-state index contributed by atoms with van der Waals surface area (Å²) in [7, 11) is 0. The quantitative estimate of drug-likeness (QED) is 0.794. The molecule has 0 bridgehead atoms. The standard InChI is InChI=1S/C17H21F2N3O3/c1-9(2)10(3)20-14(23)8-22-15(24)17(4,21-16(22)25)12-7-11(18)5-6-13(12)19/h5-7,9-10H,8H2,1-4H3,(H,20,23)(H,21,25)/t10-,17+/m0/s1. The van der Waals surface area contributed by atoms with Crippen LogP contribution in [0.5, 0.6) is 0 Å². The number of carbonyl (C=O) groups excluding carboxylic acids is 3. The van der Waals surface area contributed by atoms with Gasteiger partial charge in [0, 0.05) is 11.6 Å². The largest absolute Gasteiger partial charge is 0.352 e. The van der Waals surface area contributed by atoms with Crippen LogP contribution < -0.4 is 10.6 Å². The predicted octanol–water partition coefficient (Wildman–Crippen LogP) is 1.89. The Bertz CT molecular complexity index is 723. The fourth-order valence-corrected chi connectivity index (χ4v) is 2.51. The number of imide groups is 1. The maximum Gasteiger partial charge on any atom is 0.325 e. The van der Waals surface area contributed by atoms with Gasteiger partial charge in [-0.15, -0.1) is 0 Å². The zero-order valence-electron chi connectivity index (χ0n) is 14.5. The summed E-state index contributed by atoms with van der Waals surface area (Å²) >= 11 is 0.